The number of alkyl halides is 2. The maximum absolute atomic E-state index is 13.0. The number of rotatable bonds is 2. The molecule has 106 valence electrons. The fourth-order valence-corrected chi connectivity index (χ4v) is 2.90. The third-order valence-corrected chi connectivity index (χ3v) is 4.23. The van der Waals surface area contributed by atoms with Gasteiger partial charge < -0.3 is 10.5 Å². The summed E-state index contributed by atoms with van der Waals surface area (Å²) < 4.78 is 54.2. The quantitative estimate of drug-likeness (QED) is 0.848. The minimum absolute atomic E-state index is 0.00549. The van der Waals surface area contributed by atoms with Gasteiger partial charge in [-0.3, -0.25) is 0 Å². The van der Waals surface area contributed by atoms with Crippen LogP contribution >= 0.6 is 0 Å². The Kier molecular flexibility index (Phi) is 3.53. The first kappa shape index (κ1) is 14.2. The van der Waals surface area contributed by atoms with Gasteiger partial charge in [0.2, 0.25) is 0 Å². The van der Waals surface area contributed by atoms with Gasteiger partial charge in [-0.1, -0.05) is 6.07 Å². The smallest absolute Gasteiger partial charge is 0.271 e. The highest BCUT2D eigenvalue weighted by atomic mass is 32.2. The molecule has 2 N–H and O–H groups in total. The topological polar surface area (TPSA) is 69.4 Å². The van der Waals surface area contributed by atoms with E-state index >= 15 is 0 Å². The Morgan fingerprint density at radius 2 is 2.11 bits per heavy atom. The van der Waals surface area contributed by atoms with Crippen molar-refractivity contribution in [2.24, 2.45) is 0 Å². The van der Waals surface area contributed by atoms with E-state index in [0.29, 0.717) is 5.56 Å². The van der Waals surface area contributed by atoms with Gasteiger partial charge >= 0.3 is 0 Å². The minimum atomic E-state index is -3.45. The van der Waals surface area contributed by atoms with E-state index in [2.05, 4.69) is 0 Å². The summed E-state index contributed by atoms with van der Waals surface area (Å²) in [5, 5.41) is 0. The van der Waals surface area contributed by atoms with Crippen molar-refractivity contribution in [2.75, 3.05) is 18.6 Å². The molecule has 0 bridgehead atoms. The number of hydrogen-bond donors (Lipinski definition) is 1. The van der Waals surface area contributed by atoms with Gasteiger partial charge in [-0.2, -0.15) is 0 Å². The standard InChI is InChI=1S/C12H15F2NO3S/c1-19(16,17)11-6-8(2-3-9(11)15)10-4-5-12(13,14)7-18-10/h2-3,6,10H,4-5,7,15H2,1H3. The van der Waals surface area contributed by atoms with Crippen LogP contribution in [0.15, 0.2) is 23.1 Å². The van der Waals surface area contributed by atoms with Crippen molar-refractivity contribution in [1.82, 2.24) is 0 Å². The molecule has 0 radical (unpaired) electrons. The molecular weight excluding hydrogens is 276 g/mol. The number of nitrogens with two attached hydrogens (primary N) is 1. The fraction of sp³-hybridized carbons (Fsp3) is 0.500. The van der Waals surface area contributed by atoms with E-state index in [1.165, 1.54) is 12.1 Å². The van der Waals surface area contributed by atoms with Gasteiger partial charge in [-0.15, -0.1) is 0 Å². The third-order valence-electron chi connectivity index (χ3n) is 3.08. The van der Waals surface area contributed by atoms with Gasteiger partial charge in [-0.25, -0.2) is 17.2 Å². The normalized spacial score (nSPS) is 23.2. The predicted molar refractivity (Wildman–Crippen MR) is 66.8 cm³/mol. The molecule has 1 aromatic rings. The number of anilines is 1. The molecule has 0 aliphatic carbocycles. The summed E-state index contributed by atoms with van der Waals surface area (Å²) in [5.74, 6) is -2.80. The zero-order valence-corrected chi connectivity index (χ0v) is 11.2. The minimum Gasteiger partial charge on any atom is -0.398 e. The predicted octanol–water partition coefficient (Wildman–Crippen LogP) is 2.16. The second-order valence-electron chi connectivity index (χ2n) is 4.76. The van der Waals surface area contributed by atoms with Crippen LogP contribution in [0.1, 0.15) is 24.5 Å². The summed E-state index contributed by atoms with van der Waals surface area (Å²) in [6.07, 6.45) is 0.426. The number of sulfone groups is 1. The molecule has 1 unspecified atom stereocenters. The molecule has 1 aliphatic heterocycles. The lowest BCUT2D eigenvalue weighted by Crippen LogP contribution is -2.31. The number of halogens is 2. The van der Waals surface area contributed by atoms with Crippen molar-refractivity contribution in [3.05, 3.63) is 23.8 Å². The molecular formula is C12H15F2NO3S. The maximum Gasteiger partial charge on any atom is 0.271 e. The summed E-state index contributed by atoms with van der Waals surface area (Å²) in [7, 11) is -3.45. The van der Waals surface area contributed by atoms with Crippen LogP contribution in [-0.4, -0.2) is 27.2 Å². The Labute approximate surface area is 110 Å². The number of nitrogen functional groups attached to an aromatic ring is 1. The van der Waals surface area contributed by atoms with E-state index < -0.39 is 28.5 Å². The zero-order chi connectivity index (χ0) is 14.3. The molecule has 0 spiro atoms. The summed E-state index contributed by atoms with van der Waals surface area (Å²) in [4.78, 5) is 0.00549. The summed E-state index contributed by atoms with van der Waals surface area (Å²) in [6, 6.07) is 4.47. The summed E-state index contributed by atoms with van der Waals surface area (Å²) in [5.41, 5.74) is 6.31. The van der Waals surface area contributed by atoms with Crippen molar-refractivity contribution >= 4 is 15.5 Å². The average molecular weight is 291 g/mol. The van der Waals surface area contributed by atoms with Gasteiger partial charge in [0, 0.05) is 12.7 Å². The van der Waals surface area contributed by atoms with Crippen LogP contribution in [0.4, 0.5) is 14.5 Å². The Bertz CT molecular complexity index is 577. The molecule has 7 heteroatoms. The Morgan fingerprint density at radius 1 is 1.42 bits per heavy atom. The van der Waals surface area contributed by atoms with E-state index in [0.717, 1.165) is 6.26 Å². The molecule has 19 heavy (non-hydrogen) atoms. The largest absolute Gasteiger partial charge is 0.398 e. The highest BCUT2D eigenvalue weighted by molar-refractivity contribution is 7.90. The van der Waals surface area contributed by atoms with Gasteiger partial charge in [0.05, 0.1) is 16.7 Å². The molecule has 0 amide bonds. The van der Waals surface area contributed by atoms with E-state index in [-0.39, 0.29) is 23.4 Å². The Balaban J connectivity index is 2.28. The van der Waals surface area contributed by atoms with Crippen LogP contribution in [0.25, 0.3) is 0 Å². The zero-order valence-electron chi connectivity index (χ0n) is 10.4. The van der Waals surface area contributed by atoms with E-state index in [1.54, 1.807) is 6.07 Å². The van der Waals surface area contributed by atoms with Crippen molar-refractivity contribution < 1.29 is 21.9 Å². The lowest BCUT2D eigenvalue weighted by molar-refractivity contribution is -0.145. The Morgan fingerprint density at radius 3 is 2.63 bits per heavy atom. The lowest BCUT2D eigenvalue weighted by Gasteiger charge is -2.29. The number of ether oxygens (including phenoxy) is 1. The van der Waals surface area contributed by atoms with E-state index in [9.17, 15) is 17.2 Å². The number of hydrogen-bond acceptors (Lipinski definition) is 4. The lowest BCUT2D eigenvalue weighted by atomic mass is 9.99. The van der Waals surface area contributed by atoms with Crippen LogP contribution in [-0.2, 0) is 14.6 Å². The first-order valence-corrected chi connectivity index (χ1v) is 7.67. The fourth-order valence-electron chi connectivity index (χ4n) is 2.06. The molecule has 0 aromatic heterocycles. The molecule has 1 heterocycles. The molecule has 4 nitrogen and oxygen atoms in total. The average Bonchev–Trinajstić information content (AvgIpc) is 2.28. The van der Waals surface area contributed by atoms with Crippen LogP contribution in [0.5, 0.6) is 0 Å². The van der Waals surface area contributed by atoms with Crippen molar-refractivity contribution in [3.63, 3.8) is 0 Å². The first-order valence-electron chi connectivity index (χ1n) is 5.78. The summed E-state index contributed by atoms with van der Waals surface area (Å²) in [6.45, 7) is -0.643. The molecule has 1 aliphatic rings. The Hall–Kier alpha value is -1.21. The van der Waals surface area contributed by atoms with Crippen LogP contribution < -0.4 is 5.73 Å². The van der Waals surface area contributed by atoms with Gasteiger partial charge in [0.15, 0.2) is 9.84 Å². The monoisotopic (exact) mass is 291 g/mol. The number of benzene rings is 1. The van der Waals surface area contributed by atoms with Crippen molar-refractivity contribution in [1.29, 1.82) is 0 Å². The molecule has 2 rings (SSSR count). The second-order valence-corrected chi connectivity index (χ2v) is 6.75. The molecule has 1 aromatic carbocycles. The highest BCUT2D eigenvalue weighted by Gasteiger charge is 2.36. The van der Waals surface area contributed by atoms with Crippen LogP contribution in [0, 0.1) is 0 Å². The van der Waals surface area contributed by atoms with Crippen molar-refractivity contribution in [3.8, 4) is 0 Å². The van der Waals surface area contributed by atoms with Gasteiger partial charge in [-0.05, 0) is 24.1 Å². The second kappa shape index (κ2) is 4.72. The molecule has 0 saturated carbocycles. The van der Waals surface area contributed by atoms with Gasteiger partial charge in [0.25, 0.3) is 5.92 Å². The summed E-state index contributed by atoms with van der Waals surface area (Å²) >= 11 is 0. The molecule has 1 fully saturated rings. The van der Waals surface area contributed by atoms with Crippen molar-refractivity contribution in [2.45, 2.75) is 29.8 Å². The third kappa shape index (κ3) is 3.22. The van der Waals surface area contributed by atoms with E-state index in [4.69, 9.17) is 10.5 Å². The van der Waals surface area contributed by atoms with E-state index in [1.807, 2.05) is 0 Å². The molecule has 1 saturated heterocycles. The first-order chi connectivity index (χ1) is 8.69. The maximum atomic E-state index is 13.0. The van der Waals surface area contributed by atoms with Gasteiger partial charge in [0.1, 0.15) is 6.61 Å². The molecule has 1 atom stereocenters. The van der Waals surface area contributed by atoms with Crippen LogP contribution in [0.2, 0.25) is 0 Å². The van der Waals surface area contributed by atoms with Crippen LogP contribution in [0.3, 0.4) is 0 Å². The highest BCUT2D eigenvalue weighted by Crippen LogP contribution is 2.36. The SMILES string of the molecule is CS(=O)(=O)c1cc(C2CCC(F)(F)CO2)ccc1N.